The average Bonchev–Trinajstić information content (AvgIpc) is 3.03. The molecule has 4 aliphatic heterocycles. The number of alkyl halides is 2. The van der Waals surface area contributed by atoms with E-state index in [1.807, 2.05) is 13.0 Å². The Morgan fingerprint density at radius 2 is 1.91 bits per heavy atom. The highest BCUT2D eigenvalue weighted by Crippen LogP contribution is 2.39. The first-order chi connectivity index (χ1) is 22.0. The van der Waals surface area contributed by atoms with Crippen LogP contribution < -0.4 is 10.6 Å². The molecule has 0 radical (unpaired) electrons. The lowest BCUT2D eigenvalue weighted by Gasteiger charge is -2.40. The Kier molecular flexibility index (Phi) is 9.26. The summed E-state index contributed by atoms with van der Waals surface area (Å²) in [4.78, 5) is 7.29. The third-order valence-corrected chi connectivity index (χ3v) is 11.5. The first-order valence-corrected chi connectivity index (χ1v) is 17.8. The molecule has 10 nitrogen and oxygen atoms in total. The number of rotatable bonds is 2. The van der Waals surface area contributed by atoms with Gasteiger partial charge in [0, 0.05) is 49.4 Å². The second kappa shape index (κ2) is 13.1. The van der Waals surface area contributed by atoms with Gasteiger partial charge in [0.2, 0.25) is 0 Å². The number of anilines is 1. The van der Waals surface area contributed by atoms with Crippen LogP contribution in [0.3, 0.4) is 0 Å². The molecular weight excluding hydrogens is 612 g/mol. The highest BCUT2D eigenvalue weighted by Gasteiger charge is 2.41. The number of nitriles is 1. The maximum atomic E-state index is 15.4. The van der Waals surface area contributed by atoms with Crippen LogP contribution in [0, 0.1) is 17.2 Å². The van der Waals surface area contributed by atoms with E-state index < -0.39 is 27.2 Å². The number of hydrogen-bond acceptors (Lipinski definition) is 10. The number of fused-ring (bicyclic) bond motifs is 8. The molecule has 7 rings (SSSR count). The summed E-state index contributed by atoms with van der Waals surface area (Å²) in [5.74, 6) is -2.43. The zero-order valence-corrected chi connectivity index (χ0v) is 27.1. The van der Waals surface area contributed by atoms with E-state index in [-0.39, 0.29) is 48.5 Å². The number of nitrogens with one attached hydrogen (secondary N) is 2. The lowest BCUT2D eigenvalue weighted by atomic mass is 9.79. The van der Waals surface area contributed by atoms with Gasteiger partial charge in [-0.1, -0.05) is 18.2 Å². The maximum Gasteiger partial charge on any atom is 0.273 e. The van der Waals surface area contributed by atoms with Gasteiger partial charge in [0.15, 0.2) is 5.82 Å². The smallest absolute Gasteiger partial charge is 0.273 e. The molecule has 13 heteroatoms. The SMILES string of the molecule is COC1Cc2nc(C3(C#N)CCS(=O)(=O)CC3)cc3c(nncc23)N[C@H](C)c2cccc(c2)C(F)(F)CCC2CN(CCCN1)C2. The summed E-state index contributed by atoms with van der Waals surface area (Å²) in [5.41, 5.74) is 0.730. The van der Waals surface area contributed by atoms with E-state index in [1.54, 1.807) is 31.5 Å². The maximum absolute atomic E-state index is 15.4. The molecule has 246 valence electrons. The predicted molar refractivity (Wildman–Crippen MR) is 171 cm³/mol. The molecule has 0 aliphatic carbocycles. The van der Waals surface area contributed by atoms with Crippen LogP contribution in [0.15, 0.2) is 36.5 Å². The van der Waals surface area contributed by atoms with Gasteiger partial charge in [-0.3, -0.25) is 10.3 Å². The highest BCUT2D eigenvalue weighted by atomic mass is 32.2. The van der Waals surface area contributed by atoms with Crippen molar-refractivity contribution in [1.82, 2.24) is 25.4 Å². The van der Waals surface area contributed by atoms with Crippen molar-refractivity contribution in [3.8, 4) is 6.07 Å². The lowest BCUT2D eigenvalue weighted by Crippen LogP contribution is -2.48. The van der Waals surface area contributed by atoms with Gasteiger partial charge in [-0.2, -0.15) is 10.4 Å². The third-order valence-electron chi connectivity index (χ3n) is 9.87. The molecule has 8 bridgehead atoms. The second-order valence-corrected chi connectivity index (χ2v) is 15.4. The summed E-state index contributed by atoms with van der Waals surface area (Å²) in [6.07, 6.45) is 3.08. The Morgan fingerprint density at radius 1 is 1.13 bits per heavy atom. The summed E-state index contributed by atoms with van der Waals surface area (Å²) in [7, 11) is -1.60. The number of pyridine rings is 1. The van der Waals surface area contributed by atoms with E-state index in [0.29, 0.717) is 52.9 Å². The van der Waals surface area contributed by atoms with Gasteiger partial charge in [0.25, 0.3) is 5.92 Å². The fourth-order valence-electron chi connectivity index (χ4n) is 6.84. The minimum Gasteiger partial charge on any atom is -0.366 e. The molecule has 4 aliphatic rings. The van der Waals surface area contributed by atoms with Crippen molar-refractivity contribution in [3.05, 3.63) is 59.0 Å². The molecule has 6 heterocycles. The first kappa shape index (κ1) is 32.6. The standard InChI is InChI=1S/C33H41F2N7O3S/c1-22-24-5-3-6-25(15-24)33(34,35)8-7-23-19-42(20-23)12-4-11-37-30(45-2)17-28-27-18-38-41-31(39-22)26(27)16-29(40-28)32(21-36)9-13-46(43,44)14-10-32/h3,5-6,15-16,18,22-23,30,37H,4,7-14,17,19-20H2,1-2H3,(H,39,41)/t22-,30?/m1/s1. The van der Waals surface area contributed by atoms with E-state index in [2.05, 4.69) is 31.8 Å². The lowest BCUT2D eigenvalue weighted by molar-refractivity contribution is -0.0292. The van der Waals surface area contributed by atoms with Gasteiger partial charge in [-0.15, -0.1) is 5.10 Å². The summed E-state index contributed by atoms with van der Waals surface area (Å²) in [6.45, 7) is 5.10. The molecule has 1 unspecified atom stereocenters. The van der Waals surface area contributed by atoms with Gasteiger partial charge < -0.3 is 15.0 Å². The van der Waals surface area contributed by atoms with E-state index >= 15 is 8.78 Å². The predicted octanol–water partition coefficient (Wildman–Crippen LogP) is 4.48. The zero-order valence-electron chi connectivity index (χ0n) is 26.3. The van der Waals surface area contributed by atoms with Crippen LogP contribution in [0.5, 0.6) is 0 Å². The van der Waals surface area contributed by atoms with Crippen molar-refractivity contribution >= 4 is 26.4 Å². The topological polar surface area (TPSA) is 133 Å². The second-order valence-electron chi connectivity index (χ2n) is 13.1. The highest BCUT2D eigenvalue weighted by molar-refractivity contribution is 7.91. The quantitative estimate of drug-likeness (QED) is 0.408. The number of sulfone groups is 1. The van der Waals surface area contributed by atoms with Gasteiger partial charge in [0.1, 0.15) is 21.5 Å². The molecule has 46 heavy (non-hydrogen) atoms. The molecule has 2 atom stereocenters. The van der Waals surface area contributed by atoms with Crippen molar-refractivity contribution in [2.75, 3.05) is 50.1 Å². The molecule has 0 saturated carbocycles. The Bertz CT molecular complexity index is 1710. The van der Waals surface area contributed by atoms with Gasteiger partial charge in [-0.05, 0) is 69.3 Å². The zero-order chi connectivity index (χ0) is 32.5. The van der Waals surface area contributed by atoms with Gasteiger partial charge in [-0.25, -0.2) is 17.2 Å². The number of hydrogen-bond donors (Lipinski definition) is 2. The van der Waals surface area contributed by atoms with Crippen molar-refractivity contribution in [3.63, 3.8) is 0 Å². The molecule has 3 aromatic rings. The molecular formula is C33H41F2N7O3S. The normalized spacial score (nSPS) is 27.8. The molecule has 2 N–H and O–H groups in total. The van der Waals surface area contributed by atoms with Crippen molar-refractivity contribution in [2.45, 2.75) is 69.1 Å². The molecule has 2 saturated heterocycles. The fourth-order valence-corrected chi connectivity index (χ4v) is 8.36. The Morgan fingerprint density at radius 3 is 2.65 bits per heavy atom. The molecule has 1 aromatic carbocycles. The van der Waals surface area contributed by atoms with Crippen LogP contribution >= 0.6 is 0 Å². The van der Waals surface area contributed by atoms with Crippen LogP contribution in [0.4, 0.5) is 14.6 Å². The Labute approximate surface area is 268 Å². The summed E-state index contributed by atoms with van der Waals surface area (Å²) in [5, 5.41) is 27.3. The Hall–Kier alpha value is -3.31. The largest absolute Gasteiger partial charge is 0.366 e. The van der Waals surface area contributed by atoms with Crippen molar-refractivity contribution < 1.29 is 21.9 Å². The van der Waals surface area contributed by atoms with Crippen LogP contribution in [0.25, 0.3) is 10.8 Å². The molecule has 2 aromatic heterocycles. The number of methoxy groups -OCH3 is 1. The minimum absolute atomic E-state index is 0.00149. The van der Waals surface area contributed by atoms with Crippen LogP contribution in [0.1, 0.15) is 67.6 Å². The number of benzene rings is 1. The molecule has 2 fully saturated rings. The minimum atomic E-state index is -3.23. The van der Waals surface area contributed by atoms with E-state index in [1.165, 1.54) is 6.07 Å². The van der Waals surface area contributed by atoms with Gasteiger partial charge in [0.05, 0.1) is 41.2 Å². The Balaban J connectivity index is 1.42. The summed E-state index contributed by atoms with van der Waals surface area (Å²) in [6, 6.07) is 10.3. The first-order valence-electron chi connectivity index (χ1n) is 16.0. The van der Waals surface area contributed by atoms with Crippen LogP contribution in [-0.4, -0.2) is 79.5 Å². The van der Waals surface area contributed by atoms with E-state index in [9.17, 15) is 13.7 Å². The molecule has 0 spiro atoms. The van der Waals surface area contributed by atoms with Crippen LogP contribution in [-0.2, 0) is 32.3 Å². The van der Waals surface area contributed by atoms with E-state index in [4.69, 9.17) is 9.72 Å². The summed E-state index contributed by atoms with van der Waals surface area (Å²) >= 11 is 0. The number of halogens is 2. The number of nitrogens with zero attached hydrogens (tertiary/aromatic N) is 5. The molecule has 0 amide bonds. The van der Waals surface area contributed by atoms with E-state index in [0.717, 1.165) is 26.1 Å². The van der Waals surface area contributed by atoms with Crippen molar-refractivity contribution in [1.29, 1.82) is 5.26 Å². The monoisotopic (exact) mass is 653 g/mol. The van der Waals surface area contributed by atoms with Crippen LogP contribution in [0.2, 0.25) is 0 Å². The third kappa shape index (κ3) is 6.86. The average molecular weight is 654 g/mol. The van der Waals surface area contributed by atoms with Gasteiger partial charge >= 0.3 is 0 Å². The number of aromatic nitrogens is 3. The number of ether oxygens (including phenoxy) is 1. The summed E-state index contributed by atoms with van der Waals surface area (Å²) < 4.78 is 61.3. The fraction of sp³-hybridized carbons (Fsp3) is 0.576. The van der Waals surface area contributed by atoms with Crippen molar-refractivity contribution in [2.24, 2.45) is 5.92 Å².